The third-order valence-corrected chi connectivity index (χ3v) is 4.50. The van der Waals surface area contributed by atoms with Crippen LogP contribution in [0.15, 0.2) is 30.3 Å². The molecule has 1 unspecified atom stereocenters. The number of hydrogen-bond acceptors (Lipinski definition) is 3. The van der Waals surface area contributed by atoms with Crippen molar-refractivity contribution in [3.05, 3.63) is 30.3 Å². The molecule has 0 bridgehead atoms. The SMILES string of the molecule is CC(=O)N1CCCN(C(=O)C(NC(=O)Nc2ccccc2)C(C)C)CC1. The highest BCUT2D eigenvalue weighted by Crippen LogP contribution is 2.11. The van der Waals surface area contributed by atoms with E-state index < -0.39 is 12.1 Å². The van der Waals surface area contributed by atoms with E-state index in [0.29, 0.717) is 31.9 Å². The number of para-hydroxylation sites is 1. The molecular formula is C19H28N4O3. The summed E-state index contributed by atoms with van der Waals surface area (Å²) in [6.45, 7) is 7.63. The summed E-state index contributed by atoms with van der Waals surface area (Å²) in [6, 6.07) is 8.10. The van der Waals surface area contributed by atoms with Crippen molar-refractivity contribution < 1.29 is 14.4 Å². The molecule has 1 aromatic carbocycles. The lowest BCUT2D eigenvalue weighted by Gasteiger charge is -2.29. The van der Waals surface area contributed by atoms with Crippen molar-refractivity contribution >= 4 is 23.5 Å². The Kier molecular flexibility index (Phi) is 7.00. The lowest BCUT2D eigenvalue weighted by atomic mass is 10.0. The van der Waals surface area contributed by atoms with Crippen LogP contribution in [0.25, 0.3) is 0 Å². The van der Waals surface area contributed by atoms with Crippen LogP contribution >= 0.6 is 0 Å². The van der Waals surface area contributed by atoms with Gasteiger partial charge in [-0.2, -0.15) is 0 Å². The number of nitrogens with zero attached hydrogens (tertiary/aromatic N) is 2. The number of hydrogen-bond donors (Lipinski definition) is 2. The summed E-state index contributed by atoms with van der Waals surface area (Å²) in [4.78, 5) is 40.3. The Labute approximate surface area is 154 Å². The molecule has 1 saturated heterocycles. The molecule has 1 fully saturated rings. The molecule has 1 aliphatic heterocycles. The minimum absolute atomic E-state index is 0.0278. The van der Waals surface area contributed by atoms with Crippen LogP contribution in [0.4, 0.5) is 10.5 Å². The van der Waals surface area contributed by atoms with Gasteiger partial charge in [-0.15, -0.1) is 0 Å². The van der Waals surface area contributed by atoms with Gasteiger partial charge in [0.25, 0.3) is 0 Å². The maximum Gasteiger partial charge on any atom is 0.319 e. The Hall–Kier alpha value is -2.57. The van der Waals surface area contributed by atoms with Crippen molar-refractivity contribution in [2.75, 3.05) is 31.5 Å². The molecule has 0 radical (unpaired) electrons. The summed E-state index contributed by atoms with van der Waals surface area (Å²) >= 11 is 0. The molecule has 0 saturated carbocycles. The molecule has 2 N–H and O–H groups in total. The maximum atomic E-state index is 12.9. The largest absolute Gasteiger partial charge is 0.341 e. The van der Waals surface area contributed by atoms with Gasteiger partial charge in [-0.1, -0.05) is 32.0 Å². The molecule has 0 aromatic heterocycles. The first kappa shape index (κ1) is 19.8. The molecule has 7 nitrogen and oxygen atoms in total. The van der Waals surface area contributed by atoms with Crippen LogP contribution in [0.3, 0.4) is 0 Å². The van der Waals surface area contributed by atoms with E-state index in [9.17, 15) is 14.4 Å². The lowest BCUT2D eigenvalue weighted by molar-refractivity contribution is -0.135. The number of amides is 4. The number of urea groups is 1. The van der Waals surface area contributed by atoms with Gasteiger partial charge in [0, 0.05) is 38.8 Å². The van der Waals surface area contributed by atoms with Crippen molar-refractivity contribution in [1.82, 2.24) is 15.1 Å². The molecule has 2 rings (SSSR count). The lowest BCUT2D eigenvalue weighted by Crippen LogP contribution is -2.53. The van der Waals surface area contributed by atoms with Crippen LogP contribution in [0.5, 0.6) is 0 Å². The smallest absolute Gasteiger partial charge is 0.319 e. The molecule has 1 atom stereocenters. The molecule has 0 aliphatic carbocycles. The predicted octanol–water partition coefficient (Wildman–Crippen LogP) is 1.91. The van der Waals surface area contributed by atoms with Crippen molar-refractivity contribution in [3.8, 4) is 0 Å². The van der Waals surface area contributed by atoms with Gasteiger partial charge in [-0.05, 0) is 24.5 Å². The van der Waals surface area contributed by atoms with E-state index in [0.717, 1.165) is 6.42 Å². The Morgan fingerprint density at radius 2 is 1.58 bits per heavy atom. The Morgan fingerprint density at radius 3 is 2.19 bits per heavy atom. The second kappa shape index (κ2) is 9.22. The molecule has 1 heterocycles. The van der Waals surface area contributed by atoms with Crippen LogP contribution in [0, 0.1) is 5.92 Å². The van der Waals surface area contributed by atoms with Crippen LogP contribution in [-0.2, 0) is 9.59 Å². The second-order valence-corrected chi connectivity index (χ2v) is 6.87. The van der Waals surface area contributed by atoms with Crippen molar-refractivity contribution in [2.24, 2.45) is 5.92 Å². The number of rotatable bonds is 4. The fraction of sp³-hybridized carbons (Fsp3) is 0.526. The topological polar surface area (TPSA) is 81.8 Å². The highest BCUT2D eigenvalue weighted by Gasteiger charge is 2.30. The fourth-order valence-electron chi connectivity index (χ4n) is 2.99. The second-order valence-electron chi connectivity index (χ2n) is 6.87. The third-order valence-electron chi connectivity index (χ3n) is 4.50. The van der Waals surface area contributed by atoms with Gasteiger partial charge < -0.3 is 20.4 Å². The minimum Gasteiger partial charge on any atom is -0.341 e. The van der Waals surface area contributed by atoms with E-state index in [1.165, 1.54) is 0 Å². The van der Waals surface area contributed by atoms with E-state index in [1.807, 2.05) is 32.0 Å². The van der Waals surface area contributed by atoms with Gasteiger partial charge in [0.2, 0.25) is 11.8 Å². The molecule has 7 heteroatoms. The summed E-state index contributed by atoms with van der Waals surface area (Å²) in [5.41, 5.74) is 0.673. The molecule has 26 heavy (non-hydrogen) atoms. The summed E-state index contributed by atoms with van der Waals surface area (Å²) in [5.74, 6) is -0.120. The molecular weight excluding hydrogens is 332 g/mol. The number of carbonyl (C=O) groups is 3. The van der Waals surface area contributed by atoms with Crippen LogP contribution < -0.4 is 10.6 Å². The summed E-state index contributed by atoms with van der Waals surface area (Å²) in [5, 5.41) is 5.54. The monoisotopic (exact) mass is 360 g/mol. The third kappa shape index (κ3) is 5.47. The highest BCUT2D eigenvalue weighted by atomic mass is 16.2. The van der Waals surface area contributed by atoms with Gasteiger partial charge in [0.15, 0.2) is 0 Å². The average Bonchev–Trinajstić information content (AvgIpc) is 2.86. The zero-order valence-corrected chi connectivity index (χ0v) is 15.7. The highest BCUT2D eigenvalue weighted by molar-refractivity contribution is 5.93. The van der Waals surface area contributed by atoms with Crippen molar-refractivity contribution in [2.45, 2.75) is 33.2 Å². The number of benzene rings is 1. The Bertz CT molecular complexity index is 633. The number of carbonyl (C=O) groups excluding carboxylic acids is 3. The Morgan fingerprint density at radius 1 is 0.962 bits per heavy atom. The molecule has 4 amide bonds. The first-order valence-electron chi connectivity index (χ1n) is 9.05. The zero-order chi connectivity index (χ0) is 19.1. The Balaban J connectivity index is 1.98. The van der Waals surface area contributed by atoms with Gasteiger partial charge in [0.1, 0.15) is 6.04 Å². The molecule has 1 aliphatic rings. The van der Waals surface area contributed by atoms with Gasteiger partial charge in [-0.3, -0.25) is 9.59 Å². The van der Waals surface area contributed by atoms with Crippen molar-refractivity contribution in [1.29, 1.82) is 0 Å². The van der Waals surface area contributed by atoms with Crippen LogP contribution in [0.1, 0.15) is 27.2 Å². The summed E-state index contributed by atoms with van der Waals surface area (Å²) in [6.07, 6.45) is 0.742. The maximum absolute atomic E-state index is 12.9. The summed E-state index contributed by atoms with van der Waals surface area (Å²) in [7, 11) is 0. The average molecular weight is 360 g/mol. The first-order chi connectivity index (χ1) is 12.4. The number of nitrogens with one attached hydrogen (secondary N) is 2. The first-order valence-corrected chi connectivity index (χ1v) is 9.05. The molecule has 0 spiro atoms. The van der Waals surface area contributed by atoms with E-state index in [4.69, 9.17) is 0 Å². The van der Waals surface area contributed by atoms with Crippen LogP contribution in [0.2, 0.25) is 0 Å². The number of anilines is 1. The molecule has 1 aromatic rings. The normalized spacial score (nSPS) is 16.0. The van der Waals surface area contributed by atoms with Crippen molar-refractivity contribution in [3.63, 3.8) is 0 Å². The fourth-order valence-corrected chi connectivity index (χ4v) is 2.99. The molecule has 142 valence electrons. The predicted molar refractivity (Wildman–Crippen MR) is 101 cm³/mol. The van der Waals surface area contributed by atoms with E-state index >= 15 is 0 Å². The standard InChI is InChI=1S/C19H28N4O3/c1-14(2)17(21-19(26)20-16-8-5-4-6-9-16)18(25)23-11-7-10-22(12-13-23)15(3)24/h4-6,8-9,14,17H,7,10-13H2,1-3H3,(H2,20,21,26). The van der Waals surface area contributed by atoms with Crippen LogP contribution in [-0.4, -0.2) is 59.9 Å². The summed E-state index contributed by atoms with van der Waals surface area (Å²) < 4.78 is 0. The zero-order valence-electron chi connectivity index (χ0n) is 15.7. The van der Waals surface area contributed by atoms with E-state index in [2.05, 4.69) is 10.6 Å². The van der Waals surface area contributed by atoms with E-state index in [-0.39, 0.29) is 17.7 Å². The quantitative estimate of drug-likeness (QED) is 0.861. The minimum atomic E-state index is -0.609. The van der Waals surface area contributed by atoms with Gasteiger partial charge in [-0.25, -0.2) is 4.79 Å². The van der Waals surface area contributed by atoms with E-state index in [1.54, 1.807) is 28.9 Å². The van der Waals surface area contributed by atoms with Gasteiger partial charge >= 0.3 is 6.03 Å². The van der Waals surface area contributed by atoms with Gasteiger partial charge in [0.05, 0.1) is 0 Å².